The highest BCUT2D eigenvalue weighted by molar-refractivity contribution is 6.90. The molecule has 63 heavy (non-hydrogen) atoms. The predicted molar refractivity (Wildman–Crippen MR) is 249 cm³/mol. The number of benzene rings is 3. The van der Waals surface area contributed by atoms with Crippen molar-refractivity contribution in [1.82, 2.24) is 19.8 Å². The molecule has 1 aromatic heterocycles. The Morgan fingerprint density at radius 3 is 2.33 bits per heavy atom. The Morgan fingerprint density at radius 2 is 1.67 bits per heavy atom. The molecule has 338 valence electrons. The molecule has 0 aliphatic carbocycles. The Balaban J connectivity index is 1.28. The van der Waals surface area contributed by atoms with Crippen molar-refractivity contribution in [2.45, 2.75) is 140 Å². The molecule has 4 aliphatic rings. The van der Waals surface area contributed by atoms with Gasteiger partial charge in [-0.1, -0.05) is 65.7 Å². The van der Waals surface area contributed by atoms with E-state index < -0.39 is 31.2 Å². The van der Waals surface area contributed by atoms with Gasteiger partial charge >= 0.3 is 12.1 Å². The summed E-state index contributed by atoms with van der Waals surface area (Å²) in [5.41, 5.74) is 6.07. The van der Waals surface area contributed by atoms with Crippen LogP contribution in [0.25, 0.3) is 32.8 Å². The van der Waals surface area contributed by atoms with Crippen molar-refractivity contribution in [1.29, 1.82) is 0 Å². The van der Waals surface area contributed by atoms with Crippen molar-refractivity contribution in [2.24, 2.45) is 0 Å². The van der Waals surface area contributed by atoms with Crippen molar-refractivity contribution < 1.29 is 32.5 Å². The number of fused-ring (bicyclic) bond motifs is 5. The van der Waals surface area contributed by atoms with Crippen molar-refractivity contribution in [3.8, 4) is 34.4 Å². The lowest BCUT2D eigenvalue weighted by atomic mass is 9.93. The first kappa shape index (κ1) is 45.1. The first-order valence-electron chi connectivity index (χ1n) is 22.9. The maximum atomic E-state index is 18.0. The van der Waals surface area contributed by atoms with E-state index >= 15 is 4.39 Å². The van der Waals surface area contributed by atoms with E-state index in [2.05, 4.69) is 62.8 Å². The predicted octanol–water partition coefficient (Wildman–Crippen LogP) is 10.7. The molecule has 2 unspecified atom stereocenters. The number of carbonyl (C=O) groups is 1. The van der Waals surface area contributed by atoms with Crippen molar-refractivity contribution in [3.63, 3.8) is 0 Å². The number of amides is 1. The van der Waals surface area contributed by atoms with Gasteiger partial charge in [-0.05, 0) is 105 Å². The maximum Gasteiger partial charge on any atom is 0.410 e. The molecular formula is C50H65F2N5O5Si. The lowest BCUT2D eigenvalue weighted by molar-refractivity contribution is 0.0209. The number of nitrogens with zero attached hydrogens (tertiary/aromatic N) is 5. The van der Waals surface area contributed by atoms with Crippen LogP contribution in [-0.2, 0) is 9.47 Å². The van der Waals surface area contributed by atoms with E-state index in [-0.39, 0.29) is 43.1 Å². The number of rotatable bonds is 11. The number of carbonyl (C=O) groups excluding carboxylic acids is 1. The quantitative estimate of drug-likeness (QED) is 0.0830. The van der Waals surface area contributed by atoms with Gasteiger partial charge in [0.25, 0.3) is 0 Å². The highest BCUT2D eigenvalue weighted by atomic mass is 28.3. The first-order valence-corrected chi connectivity index (χ1v) is 25.2. The molecule has 0 saturated carbocycles. The minimum atomic E-state index is -2.12. The second-order valence-corrected chi connectivity index (χ2v) is 25.8. The molecule has 4 fully saturated rings. The monoisotopic (exact) mass is 881 g/mol. The normalized spacial score (nSPS) is 22.7. The largest absolute Gasteiger partial charge is 0.468 e. The number of hydrogen-bond acceptors (Lipinski definition) is 9. The smallest absolute Gasteiger partial charge is 0.410 e. The third kappa shape index (κ3) is 8.48. The van der Waals surface area contributed by atoms with Gasteiger partial charge < -0.3 is 28.7 Å². The Labute approximate surface area is 373 Å². The number of likely N-dealkylation sites (tertiary alicyclic amines) is 1. The van der Waals surface area contributed by atoms with Crippen molar-refractivity contribution >= 4 is 41.7 Å². The molecule has 4 aliphatic heterocycles. The van der Waals surface area contributed by atoms with Gasteiger partial charge in [0.2, 0.25) is 0 Å². The molecule has 1 amide bonds. The zero-order chi connectivity index (χ0) is 45.0. The minimum absolute atomic E-state index is 0.0266. The summed E-state index contributed by atoms with van der Waals surface area (Å²) in [7, 11) is -0.552. The molecule has 5 heterocycles. The number of ether oxygens (including phenoxy) is 4. The zero-order valence-corrected chi connectivity index (χ0v) is 39.8. The highest BCUT2D eigenvalue weighted by Gasteiger charge is 2.50. The van der Waals surface area contributed by atoms with E-state index in [1.807, 2.05) is 63.2 Å². The van der Waals surface area contributed by atoms with Crippen LogP contribution in [0.5, 0.6) is 11.8 Å². The maximum absolute atomic E-state index is 18.0. The summed E-state index contributed by atoms with van der Waals surface area (Å²) >= 11 is 0. The summed E-state index contributed by atoms with van der Waals surface area (Å²) in [6.45, 7) is 21.7. The van der Waals surface area contributed by atoms with Gasteiger partial charge in [0.15, 0.2) is 12.6 Å². The molecule has 0 radical (unpaired) electrons. The minimum Gasteiger partial charge on any atom is -0.468 e. The van der Waals surface area contributed by atoms with Crippen LogP contribution in [0.1, 0.15) is 100.0 Å². The van der Waals surface area contributed by atoms with Gasteiger partial charge in [-0.3, -0.25) is 4.90 Å². The summed E-state index contributed by atoms with van der Waals surface area (Å²) in [6, 6.07) is 13.5. The van der Waals surface area contributed by atoms with Crippen LogP contribution in [0.15, 0.2) is 42.5 Å². The number of hydrogen-bond donors (Lipinski definition) is 0. The lowest BCUT2D eigenvalue weighted by Gasteiger charge is -2.42. The van der Waals surface area contributed by atoms with Crippen LogP contribution in [-0.4, -0.2) is 110 Å². The average Bonchev–Trinajstić information content (AvgIpc) is 3.84. The molecule has 4 saturated heterocycles. The Kier molecular flexibility index (Phi) is 12.5. The molecule has 0 spiro atoms. The average molecular weight is 882 g/mol. The molecule has 0 N–H and O–H groups in total. The molecule has 8 rings (SSSR count). The fourth-order valence-corrected chi connectivity index (χ4v) is 16.7. The number of aromatic nitrogens is 2. The van der Waals surface area contributed by atoms with E-state index in [0.29, 0.717) is 70.8 Å². The van der Waals surface area contributed by atoms with Crippen LogP contribution in [0.2, 0.25) is 16.6 Å². The van der Waals surface area contributed by atoms with Gasteiger partial charge in [0.1, 0.15) is 43.5 Å². The second kappa shape index (κ2) is 17.5. The molecule has 10 nitrogen and oxygen atoms in total. The van der Waals surface area contributed by atoms with Crippen LogP contribution in [0, 0.1) is 17.3 Å². The standard InChI is InChI=1S/C50H65F2N5O5Si/c1-31(2)63(32(3)4,33(5)6)22-19-34-13-11-14-35-23-39(61-30-59-10)24-42(43(34)35)40-17-18-41-45(44(40)52)53-47(60-29-50-20-12-21-56(50)26-36(51)25-50)54-46(41)57-37-15-16-38(57)28-55(27-37)48(58)62-49(7,8)9/h11,13-14,17-18,23-24,31-33,36-38H,12,15-16,20-21,25-30H2,1-10H3/t36-,37?,38?,50+/m1/s1. The molecule has 3 aromatic carbocycles. The van der Waals surface area contributed by atoms with Crippen LogP contribution >= 0.6 is 0 Å². The molecular weight excluding hydrogens is 817 g/mol. The molecule has 13 heteroatoms. The van der Waals surface area contributed by atoms with Gasteiger partial charge in [0, 0.05) is 67.1 Å². The van der Waals surface area contributed by atoms with E-state index in [1.165, 1.54) is 0 Å². The fourth-order valence-electron chi connectivity index (χ4n) is 11.5. The summed E-state index contributed by atoms with van der Waals surface area (Å²) in [5.74, 6) is 4.26. The van der Waals surface area contributed by atoms with E-state index in [0.717, 1.165) is 48.6 Å². The summed E-state index contributed by atoms with van der Waals surface area (Å²) < 4.78 is 56.4. The van der Waals surface area contributed by atoms with Crippen LogP contribution in [0.4, 0.5) is 19.4 Å². The Hall–Kier alpha value is -4.51. The summed E-state index contributed by atoms with van der Waals surface area (Å²) in [4.78, 5) is 29.4. The van der Waals surface area contributed by atoms with Gasteiger partial charge in [-0.15, -0.1) is 5.54 Å². The van der Waals surface area contributed by atoms with Crippen LogP contribution < -0.4 is 14.4 Å². The zero-order valence-electron chi connectivity index (χ0n) is 38.8. The van der Waals surface area contributed by atoms with Crippen molar-refractivity contribution in [2.75, 3.05) is 51.6 Å². The first-order chi connectivity index (χ1) is 29.9. The summed E-state index contributed by atoms with van der Waals surface area (Å²) in [6.07, 6.45) is 2.57. The van der Waals surface area contributed by atoms with Crippen molar-refractivity contribution in [3.05, 3.63) is 53.8 Å². The fraction of sp³-hybridized carbons (Fsp3) is 0.580. The number of piperazine rings is 1. The molecule has 2 bridgehead atoms. The number of methoxy groups -OCH3 is 1. The van der Waals surface area contributed by atoms with Gasteiger partial charge in [0.05, 0.1) is 5.54 Å². The highest BCUT2D eigenvalue weighted by Crippen LogP contribution is 2.45. The SMILES string of the molecule is COCOc1cc(-c2ccc3c(N4C5CCC4CN(C(=O)OC(C)(C)C)C5)nc(OC[C@@]45CCCN4C[C@H](F)C5)nc3c2F)c2c(C#C[Si](C(C)C)(C(C)C)C(C)C)cccc2c1. The Morgan fingerprint density at radius 1 is 0.952 bits per heavy atom. The number of halogens is 2. The molecule has 4 atom stereocenters. The van der Waals surface area contributed by atoms with Gasteiger partial charge in [-0.25, -0.2) is 13.6 Å². The third-order valence-corrected chi connectivity index (χ3v) is 20.5. The third-order valence-electron chi connectivity index (χ3n) is 14.2. The van der Waals surface area contributed by atoms with E-state index in [9.17, 15) is 9.18 Å². The number of anilines is 1. The van der Waals surface area contributed by atoms with E-state index in [1.54, 1.807) is 12.0 Å². The van der Waals surface area contributed by atoms with Crippen LogP contribution in [0.3, 0.4) is 0 Å². The summed E-state index contributed by atoms with van der Waals surface area (Å²) in [5, 5.41) is 2.25. The second-order valence-electron chi connectivity index (χ2n) is 20.3. The van der Waals surface area contributed by atoms with E-state index in [4.69, 9.17) is 28.9 Å². The topological polar surface area (TPSA) is 89.5 Å². The van der Waals surface area contributed by atoms with Gasteiger partial charge in [-0.2, -0.15) is 9.97 Å². The Bertz CT molecular complexity index is 2390. The number of alkyl halides is 1. The lowest BCUT2D eigenvalue weighted by Crippen LogP contribution is -2.56. The molecule has 4 aromatic rings.